The van der Waals surface area contributed by atoms with E-state index in [1.165, 1.54) is 0 Å². The van der Waals surface area contributed by atoms with Gasteiger partial charge in [0.25, 0.3) is 0 Å². The summed E-state index contributed by atoms with van der Waals surface area (Å²) in [5.74, 6) is 0. The maximum atomic E-state index is 5.36. The lowest BCUT2D eigenvalue weighted by Gasteiger charge is -2.18. The highest BCUT2D eigenvalue weighted by molar-refractivity contribution is 5.26. The van der Waals surface area contributed by atoms with Gasteiger partial charge in [0.2, 0.25) is 0 Å². The van der Waals surface area contributed by atoms with E-state index in [9.17, 15) is 0 Å². The largest absolute Gasteiger partial charge is 0.399 e. The predicted molar refractivity (Wildman–Crippen MR) is 51.1 cm³/mol. The molecule has 0 saturated carbocycles. The quantitative estimate of drug-likeness (QED) is 0.603. The molecule has 0 aliphatic heterocycles. The SMILES string of the molecule is C=C(N)/C=C\C(=C)C(C)(C)C. The zero-order chi connectivity index (χ0) is 9.07. The fourth-order valence-corrected chi connectivity index (χ4v) is 0.458. The fraction of sp³-hybridized carbons (Fsp3) is 0.400. The average Bonchev–Trinajstić information content (AvgIpc) is 1.80. The van der Waals surface area contributed by atoms with Gasteiger partial charge in [-0.05, 0) is 17.1 Å². The Kier molecular flexibility index (Phi) is 3.12. The summed E-state index contributed by atoms with van der Waals surface area (Å²) in [5.41, 5.74) is 7.10. The van der Waals surface area contributed by atoms with Crippen LogP contribution < -0.4 is 5.73 Å². The van der Waals surface area contributed by atoms with Crippen LogP contribution in [0, 0.1) is 5.41 Å². The third kappa shape index (κ3) is 4.43. The molecule has 0 aliphatic rings. The van der Waals surface area contributed by atoms with E-state index in [0.29, 0.717) is 5.70 Å². The van der Waals surface area contributed by atoms with E-state index in [1.54, 1.807) is 6.08 Å². The molecule has 0 aromatic heterocycles. The fourth-order valence-electron chi connectivity index (χ4n) is 0.458. The van der Waals surface area contributed by atoms with E-state index in [-0.39, 0.29) is 5.41 Å². The summed E-state index contributed by atoms with van der Waals surface area (Å²) < 4.78 is 0. The summed E-state index contributed by atoms with van der Waals surface area (Å²) in [6.07, 6.45) is 3.68. The van der Waals surface area contributed by atoms with Gasteiger partial charge in [0.15, 0.2) is 0 Å². The van der Waals surface area contributed by atoms with Gasteiger partial charge < -0.3 is 5.73 Å². The lowest BCUT2D eigenvalue weighted by molar-refractivity contribution is 0.519. The lowest BCUT2D eigenvalue weighted by atomic mass is 9.87. The lowest BCUT2D eigenvalue weighted by Crippen LogP contribution is -2.06. The van der Waals surface area contributed by atoms with Gasteiger partial charge in [0, 0.05) is 5.70 Å². The molecule has 0 radical (unpaired) electrons. The van der Waals surface area contributed by atoms with Gasteiger partial charge in [0.05, 0.1) is 0 Å². The smallest absolute Gasteiger partial charge is 0.0241 e. The summed E-state index contributed by atoms with van der Waals surface area (Å²) >= 11 is 0. The van der Waals surface area contributed by atoms with Crippen LogP contribution in [0.2, 0.25) is 0 Å². The highest BCUT2D eigenvalue weighted by Gasteiger charge is 2.11. The van der Waals surface area contributed by atoms with Crippen molar-refractivity contribution in [2.75, 3.05) is 0 Å². The Morgan fingerprint density at radius 3 is 1.91 bits per heavy atom. The van der Waals surface area contributed by atoms with Crippen molar-refractivity contribution in [2.24, 2.45) is 11.1 Å². The second-order valence-electron chi connectivity index (χ2n) is 3.68. The zero-order valence-electron chi connectivity index (χ0n) is 7.65. The van der Waals surface area contributed by atoms with Gasteiger partial charge >= 0.3 is 0 Å². The molecule has 62 valence electrons. The van der Waals surface area contributed by atoms with Crippen LogP contribution in [0.5, 0.6) is 0 Å². The maximum absolute atomic E-state index is 5.36. The number of hydrogen-bond acceptors (Lipinski definition) is 1. The van der Waals surface area contributed by atoms with Crippen molar-refractivity contribution in [3.05, 3.63) is 36.6 Å². The highest BCUT2D eigenvalue weighted by Crippen LogP contribution is 2.24. The molecule has 11 heavy (non-hydrogen) atoms. The molecule has 1 nitrogen and oxygen atoms in total. The molecule has 0 saturated heterocycles. The summed E-state index contributed by atoms with van der Waals surface area (Å²) in [4.78, 5) is 0. The van der Waals surface area contributed by atoms with Crippen LogP contribution in [0.25, 0.3) is 0 Å². The molecule has 1 heteroatoms. The number of hydrogen-bond donors (Lipinski definition) is 1. The second-order valence-corrected chi connectivity index (χ2v) is 3.68. The van der Waals surface area contributed by atoms with Crippen molar-refractivity contribution in [3.8, 4) is 0 Å². The minimum absolute atomic E-state index is 0.117. The first kappa shape index (κ1) is 10.0. The zero-order valence-corrected chi connectivity index (χ0v) is 7.65. The van der Waals surface area contributed by atoms with Gasteiger partial charge in [0.1, 0.15) is 0 Å². The highest BCUT2D eigenvalue weighted by atomic mass is 14.5. The van der Waals surface area contributed by atoms with E-state index >= 15 is 0 Å². The normalized spacial score (nSPS) is 11.9. The molecule has 0 atom stereocenters. The van der Waals surface area contributed by atoms with Gasteiger partial charge in [-0.1, -0.05) is 40.0 Å². The van der Waals surface area contributed by atoms with Crippen LogP contribution in [0.1, 0.15) is 20.8 Å². The standard InChI is InChI=1S/C10H17N/c1-8(10(3,4)5)6-7-9(2)11/h6-7H,1-2,11H2,3-5H3/b7-6-. The molecule has 0 heterocycles. The van der Waals surface area contributed by atoms with Gasteiger partial charge in [-0.2, -0.15) is 0 Å². The Balaban J connectivity index is 4.20. The van der Waals surface area contributed by atoms with Crippen LogP contribution in [-0.4, -0.2) is 0 Å². The summed E-state index contributed by atoms with van der Waals surface area (Å²) in [6.45, 7) is 13.8. The van der Waals surface area contributed by atoms with E-state index < -0.39 is 0 Å². The van der Waals surface area contributed by atoms with E-state index in [0.717, 1.165) is 5.57 Å². The first-order valence-corrected chi connectivity index (χ1v) is 3.66. The van der Waals surface area contributed by atoms with Crippen molar-refractivity contribution in [2.45, 2.75) is 20.8 Å². The topological polar surface area (TPSA) is 26.0 Å². The summed E-state index contributed by atoms with van der Waals surface area (Å²) in [5, 5.41) is 0. The summed E-state index contributed by atoms with van der Waals surface area (Å²) in [7, 11) is 0. The first-order valence-electron chi connectivity index (χ1n) is 3.66. The van der Waals surface area contributed by atoms with Crippen molar-refractivity contribution in [1.29, 1.82) is 0 Å². The first-order chi connectivity index (χ1) is 4.84. The van der Waals surface area contributed by atoms with Crippen molar-refractivity contribution in [3.63, 3.8) is 0 Å². The van der Waals surface area contributed by atoms with Crippen molar-refractivity contribution in [1.82, 2.24) is 0 Å². The molecule has 0 aromatic rings. The molecular weight excluding hydrogens is 134 g/mol. The van der Waals surface area contributed by atoms with Crippen LogP contribution in [-0.2, 0) is 0 Å². The molecule has 0 amide bonds. The van der Waals surface area contributed by atoms with Crippen molar-refractivity contribution < 1.29 is 0 Å². The summed E-state index contributed by atoms with van der Waals surface area (Å²) in [6, 6.07) is 0. The number of nitrogens with two attached hydrogens (primary N) is 1. The van der Waals surface area contributed by atoms with E-state index in [4.69, 9.17) is 5.73 Å². The van der Waals surface area contributed by atoms with Crippen molar-refractivity contribution >= 4 is 0 Å². The van der Waals surface area contributed by atoms with E-state index in [1.807, 2.05) is 6.08 Å². The van der Waals surface area contributed by atoms with Gasteiger partial charge in [-0.25, -0.2) is 0 Å². The molecule has 0 unspecified atom stereocenters. The Hall–Kier alpha value is -0.980. The van der Waals surface area contributed by atoms with Crippen LogP contribution in [0.4, 0.5) is 0 Å². The Morgan fingerprint density at radius 1 is 1.18 bits per heavy atom. The van der Waals surface area contributed by atoms with E-state index in [2.05, 4.69) is 33.9 Å². The predicted octanol–water partition coefficient (Wildman–Crippen LogP) is 2.62. The molecule has 0 aromatic carbocycles. The monoisotopic (exact) mass is 151 g/mol. The molecule has 0 aliphatic carbocycles. The minimum Gasteiger partial charge on any atom is -0.399 e. The molecule has 0 bridgehead atoms. The molecule has 0 spiro atoms. The average molecular weight is 151 g/mol. The number of allylic oxidation sites excluding steroid dienone is 3. The molecule has 0 fully saturated rings. The third-order valence-electron chi connectivity index (χ3n) is 1.46. The minimum atomic E-state index is 0.117. The van der Waals surface area contributed by atoms with Crippen LogP contribution in [0.15, 0.2) is 36.6 Å². The van der Waals surface area contributed by atoms with Crippen LogP contribution >= 0.6 is 0 Å². The number of rotatable bonds is 2. The second kappa shape index (κ2) is 3.42. The third-order valence-corrected chi connectivity index (χ3v) is 1.46. The Morgan fingerprint density at radius 2 is 1.64 bits per heavy atom. The maximum Gasteiger partial charge on any atom is 0.0241 e. The Labute approximate surface area is 69.3 Å². The molecule has 0 rings (SSSR count). The van der Waals surface area contributed by atoms with Gasteiger partial charge in [-0.15, -0.1) is 0 Å². The molecular formula is C10H17N. The molecule has 2 N–H and O–H groups in total. The Bertz CT molecular complexity index is 191. The van der Waals surface area contributed by atoms with Gasteiger partial charge in [-0.3, -0.25) is 0 Å². The van der Waals surface area contributed by atoms with Crippen LogP contribution in [0.3, 0.4) is 0 Å².